The molecule has 8 nitrogen and oxygen atoms in total. The number of hydrogen-bond acceptors (Lipinski definition) is 5. The normalized spacial score (nSPS) is 13.6. The summed E-state index contributed by atoms with van der Waals surface area (Å²) >= 11 is 0. The monoisotopic (exact) mass is 750 g/mol. The van der Waals surface area contributed by atoms with Crippen LogP contribution < -0.4 is 0 Å². The number of carbonyl (C=O) groups is 2. The molecule has 0 atom stereocenters. The van der Waals surface area contributed by atoms with Crippen molar-refractivity contribution in [1.82, 2.24) is 19.9 Å². The molecule has 0 amide bonds. The van der Waals surface area contributed by atoms with Gasteiger partial charge >= 0.3 is 11.9 Å². The predicted octanol–water partition coefficient (Wildman–Crippen LogP) is 10.9. The molecule has 4 heterocycles. The SMILES string of the molecule is COC(=O)c1cc(C2CC2)cnc1Cc1cc(-c2ccccc2)c2[nH]ccc2c1.O=C(O)c1cc(C2CC2)cnc1Cc1cc(-c2ccccc2)c2[nH]ccc2c1. The van der Waals surface area contributed by atoms with Gasteiger partial charge in [-0.2, -0.15) is 0 Å². The van der Waals surface area contributed by atoms with Gasteiger partial charge in [0.1, 0.15) is 0 Å². The number of carboxylic acid groups (broad SMARTS) is 1. The third-order valence-electron chi connectivity index (χ3n) is 11.1. The molecule has 0 unspecified atom stereocenters. The number of rotatable bonds is 10. The van der Waals surface area contributed by atoms with E-state index in [1.807, 2.05) is 79.4 Å². The first-order chi connectivity index (χ1) is 27.9. The Kier molecular flexibility index (Phi) is 9.68. The van der Waals surface area contributed by atoms with E-state index in [2.05, 4.69) is 74.5 Å². The van der Waals surface area contributed by atoms with Crippen molar-refractivity contribution >= 4 is 33.7 Å². The maximum atomic E-state index is 12.4. The fourth-order valence-electron chi connectivity index (χ4n) is 7.80. The number of esters is 1. The fraction of sp³-hybridized carbons (Fsp3) is 0.184. The van der Waals surface area contributed by atoms with Gasteiger partial charge in [-0.15, -0.1) is 0 Å². The number of carboxylic acids is 1. The standard InChI is InChI=1S/C25H22N2O2.C24H20N2O2/c1-29-25(28)22-14-20(17-7-8-17)15-27-23(22)13-16-11-19-9-10-26-24(19)21(12-16)18-5-3-2-4-6-18;27-24(28)21-13-19(16-6-7-16)14-26-22(21)12-15-10-18-8-9-25-23(18)20(11-15)17-4-2-1-3-5-17/h2-6,9-12,14-15,17,26H,7-8,13H2,1H3;1-5,8-11,13-14,16,25H,6-7,12H2,(H,27,28). The van der Waals surface area contributed by atoms with Gasteiger partial charge in [-0.05, 0) is 119 Å². The molecule has 282 valence electrons. The number of aromatic nitrogens is 4. The van der Waals surface area contributed by atoms with Crippen LogP contribution in [0.25, 0.3) is 44.1 Å². The lowest BCUT2D eigenvalue weighted by molar-refractivity contribution is 0.0598. The summed E-state index contributed by atoms with van der Waals surface area (Å²) in [4.78, 5) is 40.1. The third kappa shape index (κ3) is 7.71. The van der Waals surface area contributed by atoms with Crippen molar-refractivity contribution in [3.05, 3.63) is 179 Å². The summed E-state index contributed by atoms with van der Waals surface area (Å²) in [6.45, 7) is 0. The molecule has 2 aliphatic rings. The maximum Gasteiger partial charge on any atom is 0.339 e. The number of nitrogens with one attached hydrogen (secondary N) is 2. The summed E-state index contributed by atoms with van der Waals surface area (Å²) in [5.74, 6) is -0.196. The summed E-state index contributed by atoms with van der Waals surface area (Å²) in [5.41, 5.74) is 13.4. The Hall–Kier alpha value is -6.80. The molecule has 10 rings (SSSR count). The topological polar surface area (TPSA) is 121 Å². The molecule has 4 aromatic carbocycles. The van der Waals surface area contributed by atoms with Crippen LogP contribution in [-0.2, 0) is 17.6 Å². The van der Waals surface area contributed by atoms with Crippen molar-refractivity contribution in [2.75, 3.05) is 7.11 Å². The molecule has 0 radical (unpaired) electrons. The highest BCUT2D eigenvalue weighted by molar-refractivity contribution is 5.96. The molecule has 2 aliphatic carbocycles. The van der Waals surface area contributed by atoms with Crippen molar-refractivity contribution in [2.45, 2.75) is 50.4 Å². The number of carbonyl (C=O) groups excluding carboxylic acids is 1. The minimum Gasteiger partial charge on any atom is -0.478 e. The minimum absolute atomic E-state index is 0.319. The van der Waals surface area contributed by atoms with E-state index in [0.717, 1.165) is 84.8 Å². The Labute approximate surface area is 330 Å². The summed E-state index contributed by atoms with van der Waals surface area (Å²) in [7, 11) is 1.43. The molecule has 2 fully saturated rings. The van der Waals surface area contributed by atoms with Crippen molar-refractivity contribution in [3.63, 3.8) is 0 Å². The van der Waals surface area contributed by atoms with Crippen LogP contribution in [0.5, 0.6) is 0 Å². The van der Waals surface area contributed by atoms with Crippen molar-refractivity contribution in [2.24, 2.45) is 0 Å². The highest BCUT2D eigenvalue weighted by Gasteiger charge is 2.27. The molecule has 2 saturated carbocycles. The Bertz CT molecular complexity index is 2740. The highest BCUT2D eigenvalue weighted by atomic mass is 16.5. The van der Waals surface area contributed by atoms with Gasteiger partial charge < -0.3 is 19.8 Å². The Morgan fingerprint density at radius 3 is 1.53 bits per heavy atom. The summed E-state index contributed by atoms with van der Waals surface area (Å²) in [6.07, 6.45) is 13.4. The van der Waals surface area contributed by atoms with E-state index < -0.39 is 5.97 Å². The van der Waals surface area contributed by atoms with E-state index >= 15 is 0 Å². The molecule has 0 spiro atoms. The first kappa shape index (κ1) is 35.9. The molecule has 8 aromatic rings. The van der Waals surface area contributed by atoms with E-state index in [4.69, 9.17) is 4.74 Å². The number of H-pyrrole nitrogens is 2. The van der Waals surface area contributed by atoms with Crippen LogP contribution in [0.3, 0.4) is 0 Å². The molecule has 0 bridgehead atoms. The number of aromatic amines is 2. The van der Waals surface area contributed by atoms with Gasteiger partial charge in [0.05, 0.1) is 40.7 Å². The number of benzene rings is 4. The maximum absolute atomic E-state index is 12.4. The largest absolute Gasteiger partial charge is 0.478 e. The summed E-state index contributed by atoms with van der Waals surface area (Å²) < 4.78 is 5.04. The van der Waals surface area contributed by atoms with Gasteiger partial charge in [-0.25, -0.2) is 9.59 Å². The lowest BCUT2D eigenvalue weighted by Gasteiger charge is -2.12. The van der Waals surface area contributed by atoms with Crippen LogP contribution in [0.4, 0.5) is 0 Å². The van der Waals surface area contributed by atoms with Crippen LogP contribution in [-0.4, -0.2) is 44.1 Å². The molecule has 3 N–H and O–H groups in total. The van der Waals surface area contributed by atoms with E-state index in [9.17, 15) is 14.7 Å². The van der Waals surface area contributed by atoms with E-state index in [-0.39, 0.29) is 5.97 Å². The number of methoxy groups -OCH3 is 1. The average molecular weight is 751 g/mol. The second kappa shape index (κ2) is 15.4. The summed E-state index contributed by atoms with van der Waals surface area (Å²) in [6, 6.07) is 37.1. The van der Waals surface area contributed by atoms with E-state index in [0.29, 0.717) is 41.5 Å². The molecule has 0 saturated heterocycles. The highest BCUT2D eigenvalue weighted by Crippen LogP contribution is 2.41. The number of pyridine rings is 2. The van der Waals surface area contributed by atoms with Crippen molar-refractivity contribution in [3.8, 4) is 22.3 Å². The Morgan fingerprint density at radius 1 is 0.632 bits per heavy atom. The van der Waals surface area contributed by atoms with Crippen LogP contribution in [0.15, 0.2) is 134 Å². The lowest BCUT2D eigenvalue weighted by Crippen LogP contribution is -2.09. The van der Waals surface area contributed by atoms with Gasteiger partial charge in [0.15, 0.2) is 0 Å². The van der Waals surface area contributed by atoms with Gasteiger partial charge in [0, 0.05) is 59.5 Å². The predicted molar refractivity (Wildman–Crippen MR) is 224 cm³/mol. The van der Waals surface area contributed by atoms with Gasteiger partial charge in [-0.3, -0.25) is 9.97 Å². The zero-order valence-electron chi connectivity index (χ0n) is 31.7. The summed E-state index contributed by atoms with van der Waals surface area (Å²) in [5, 5.41) is 12.0. The number of nitrogens with zero attached hydrogens (tertiary/aromatic N) is 2. The fourth-order valence-corrected chi connectivity index (χ4v) is 7.80. The first-order valence-corrected chi connectivity index (χ1v) is 19.5. The van der Waals surface area contributed by atoms with E-state index in [1.165, 1.54) is 20.0 Å². The zero-order chi connectivity index (χ0) is 38.9. The second-order valence-corrected chi connectivity index (χ2v) is 15.1. The Morgan fingerprint density at radius 2 is 1.09 bits per heavy atom. The van der Waals surface area contributed by atoms with Crippen molar-refractivity contribution < 1.29 is 19.4 Å². The number of fused-ring (bicyclic) bond motifs is 2. The molecule has 8 heteroatoms. The number of hydrogen-bond donors (Lipinski definition) is 3. The van der Waals surface area contributed by atoms with E-state index in [1.54, 1.807) is 0 Å². The quantitative estimate of drug-likeness (QED) is 0.120. The molecule has 57 heavy (non-hydrogen) atoms. The smallest absolute Gasteiger partial charge is 0.339 e. The zero-order valence-corrected chi connectivity index (χ0v) is 31.7. The first-order valence-electron chi connectivity index (χ1n) is 19.5. The second-order valence-electron chi connectivity index (χ2n) is 15.1. The van der Waals surface area contributed by atoms with Crippen molar-refractivity contribution in [1.29, 1.82) is 0 Å². The van der Waals surface area contributed by atoms with Gasteiger partial charge in [-0.1, -0.05) is 60.7 Å². The van der Waals surface area contributed by atoms with Gasteiger partial charge in [0.25, 0.3) is 0 Å². The number of ether oxygens (including phenoxy) is 1. The molecular formula is C49H42N4O4. The third-order valence-corrected chi connectivity index (χ3v) is 11.1. The van der Waals surface area contributed by atoms with Crippen LogP contribution >= 0.6 is 0 Å². The average Bonchev–Trinajstić information content (AvgIpc) is 4.18. The van der Waals surface area contributed by atoms with Gasteiger partial charge in [0.2, 0.25) is 0 Å². The molecule has 4 aromatic heterocycles. The van der Waals surface area contributed by atoms with Crippen LogP contribution in [0.1, 0.15) is 91.9 Å². The Balaban J connectivity index is 0.000000148. The van der Waals surface area contributed by atoms with Crippen LogP contribution in [0.2, 0.25) is 0 Å². The number of aromatic carboxylic acids is 1. The van der Waals surface area contributed by atoms with Crippen LogP contribution in [0, 0.1) is 0 Å². The lowest BCUT2D eigenvalue weighted by atomic mass is 9.96. The molecular weight excluding hydrogens is 709 g/mol. The minimum atomic E-state index is -0.906. The molecule has 0 aliphatic heterocycles.